The molecule has 0 fully saturated rings. The van der Waals surface area contributed by atoms with Crippen LogP contribution in [0.4, 0.5) is 0 Å². The Morgan fingerprint density at radius 2 is 1.75 bits per heavy atom. The molecule has 0 aromatic heterocycles. The van der Waals surface area contributed by atoms with E-state index in [1.165, 1.54) is 5.56 Å². The Morgan fingerprint density at radius 3 is 2.30 bits per heavy atom. The summed E-state index contributed by atoms with van der Waals surface area (Å²) < 4.78 is 0. The maximum Gasteiger partial charge on any atom is 0.237 e. The van der Waals surface area contributed by atoms with Crippen LogP contribution in [0.5, 0.6) is 0 Å². The van der Waals surface area contributed by atoms with Crippen molar-refractivity contribution in [3.8, 4) is 0 Å². The standard InChI is InChI=1S/C17H28N2O/c1-13(15-9-7-6-8-10-15)11-12-18-14(2)16(20)19-17(3,4)5/h6-10,13-14,18H,11-12H2,1-5H3,(H,19,20). The predicted molar refractivity (Wildman–Crippen MR) is 84.8 cm³/mol. The third-order valence-electron chi connectivity index (χ3n) is 3.29. The maximum absolute atomic E-state index is 11.9. The number of hydrogen-bond donors (Lipinski definition) is 2. The number of hydrogen-bond acceptors (Lipinski definition) is 2. The van der Waals surface area contributed by atoms with E-state index in [-0.39, 0.29) is 17.5 Å². The van der Waals surface area contributed by atoms with Gasteiger partial charge in [0, 0.05) is 5.54 Å². The highest BCUT2D eigenvalue weighted by Gasteiger charge is 2.18. The number of benzene rings is 1. The molecule has 0 saturated carbocycles. The first-order chi connectivity index (χ1) is 9.29. The summed E-state index contributed by atoms with van der Waals surface area (Å²) in [7, 11) is 0. The van der Waals surface area contributed by atoms with E-state index in [4.69, 9.17) is 0 Å². The first kappa shape index (κ1) is 16.7. The first-order valence-electron chi connectivity index (χ1n) is 7.40. The second-order valence-electron chi connectivity index (χ2n) is 6.52. The number of amides is 1. The molecule has 0 saturated heterocycles. The van der Waals surface area contributed by atoms with Crippen molar-refractivity contribution in [1.82, 2.24) is 10.6 Å². The van der Waals surface area contributed by atoms with E-state index in [1.54, 1.807) is 0 Å². The molecule has 0 bridgehead atoms. The van der Waals surface area contributed by atoms with Gasteiger partial charge in [-0.3, -0.25) is 4.79 Å². The van der Waals surface area contributed by atoms with Crippen molar-refractivity contribution in [3.63, 3.8) is 0 Å². The smallest absolute Gasteiger partial charge is 0.237 e. The van der Waals surface area contributed by atoms with Crippen LogP contribution in [0.1, 0.15) is 52.5 Å². The summed E-state index contributed by atoms with van der Waals surface area (Å²) in [5.74, 6) is 0.562. The van der Waals surface area contributed by atoms with E-state index in [1.807, 2.05) is 33.8 Å². The highest BCUT2D eigenvalue weighted by atomic mass is 16.2. The van der Waals surface area contributed by atoms with Crippen molar-refractivity contribution in [2.45, 2.75) is 58.5 Å². The Kier molecular flexibility index (Phi) is 6.21. The van der Waals surface area contributed by atoms with Gasteiger partial charge in [0.2, 0.25) is 5.91 Å². The van der Waals surface area contributed by atoms with Crippen LogP contribution in [0, 0.1) is 0 Å². The highest BCUT2D eigenvalue weighted by Crippen LogP contribution is 2.17. The third kappa shape index (κ3) is 6.20. The fraction of sp³-hybridized carbons (Fsp3) is 0.588. The molecule has 0 aliphatic rings. The van der Waals surface area contributed by atoms with Crippen LogP contribution in [0.2, 0.25) is 0 Å². The van der Waals surface area contributed by atoms with Crippen LogP contribution in [0.3, 0.4) is 0 Å². The third-order valence-corrected chi connectivity index (χ3v) is 3.29. The molecule has 0 heterocycles. The van der Waals surface area contributed by atoms with Gasteiger partial charge in [-0.2, -0.15) is 0 Å². The van der Waals surface area contributed by atoms with Gasteiger partial charge < -0.3 is 10.6 Å². The van der Waals surface area contributed by atoms with E-state index in [0.29, 0.717) is 5.92 Å². The Bertz CT molecular complexity index is 409. The molecule has 2 atom stereocenters. The molecule has 3 heteroatoms. The topological polar surface area (TPSA) is 41.1 Å². The molecule has 2 N–H and O–H groups in total. The zero-order valence-electron chi connectivity index (χ0n) is 13.4. The molecular weight excluding hydrogens is 248 g/mol. The van der Waals surface area contributed by atoms with Gasteiger partial charge in [-0.1, -0.05) is 37.3 Å². The summed E-state index contributed by atoms with van der Waals surface area (Å²) in [5, 5.41) is 6.28. The average Bonchev–Trinajstić information content (AvgIpc) is 2.37. The van der Waals surface area contributed by atoms with Crippen LogP contribution in [-0.2, 0) is 4.79 Å². The van der Waals surface area contributed by atoms with Crippen molar-refractivity contribution in [3.05, 3.63) is 35.9 Å². The number of carbonyl (C=O) groups excluding carboxylic acids is 1. The van der Waals surface area contributed by atoms with Gasteiger partial charge >= 0.3 is 0 Å². The van der Waals surface area contributed by atoms with E-state index in [0.717, 1.165) is 13.0 Å². The molecule has 1 amide bonds. The van der Waals surface area contributed by atoms with E-state index in [2.05, 4.69) is 41.8 Å². The van der Waals surface area contributed by atoms with E-state index < -0.39 is 0 Å². The lowest BCUT2D eigenvalue weighted by Crippen LogP contribution is -2.49. The van der Waals surface area contributed by atoms with Crippen molar-refractivity contribution >= 4 is 5.91 Å². The van der Waals surface area contributed by atoms with Crippen LogP contribution < -0.4 is 10.6 Å². The van der Waals surface area contributed by atoms with Crippen molar-refractivity contribution in [2.75, 3.05) is 6.54 Å². The van der Waals surface area contributed by atoms with Crippen molar-refractivity contribution < 1.29 is 4.79 Å². The van der Waals surface area contributed by atoms with Gasteiger partial charge in [0.1, 0.15) is 0 Å². The second-order valence-corrected chi connectivity index (χ2v) is 6.52. The highest BCUT2D eigenvalue weighted by molar-refractivity contribution is 5.81. The fourth-order valence-corrected chi connectivity index (χ4v) is 2.04. The van der Waals surface area contributed by atoms with Crippen LogP contribution >= 0.6 is 0 Å². The SMILES string of the molecule is CC(NCCC(C)c1ccccc1)C(=O)NC(C)(C)C. The molecule has 0 aliphatic heterocycles. The number of nitrogens with one attached hydrogen (secondary N) is 2. The molecule has 0 radical (unpaired) electrons. The lowest BCUT2D eigenvalue weighted by atomic mass is 9.98. The number of carbonyl (C=O) groups is 1. The Labute approximate surface area is 123 Å². The lowest BCUT2D eigenvalue weighted by molar-refractivity contribution is -0.124. The molecule has 1 rings (SSSR count). The second kappa shape index (κ2) is 7.44. The summed E-state index contributed by atoms with van der Waals surface area (Å²) in [6, 6.07) is 10.3. The summed E-state index contributed by atoms with van der Waals surface area (Å²) in [6.07, 6.45) is 1.02. The quantitative estimate of drug-likeness (QED) is 0.838. The van der Waals surface area contributed by atoms with Gasteiger partial charge in [-0.25, -0.2) is 0 Å². The molecular formula is C17H28N2O. The van der Waals surface area contributed by atoms with Crippen molar-refractivity contribution in [1.29, 1.82) is 0 Å². The molecule has 0 aliphatic carbocycles. The normalized spacial score (nSPS) is 14.7. The molecule has 0 spiro atoms. The van der Waals surface area contributed by atoms with Crippen molar-refractivity contribution in [2.24, 2.45) is 0 Å². The maximum atomic E-state index is 11.9. The Morgan fingerprint density at radius 1 is 1.15 bits per heavy atom. The van der Waals surface area contributed by atoms with Gasteiger partial charge in [-0.05, 0) is 52.1 Å². The summed E-state index contributed by atoms with van der Waals surface area (Å²) in [6.45, 7) is 11.0. The van der Waals surface area contributed by atoms with Crippen LogP contribution in [-0.4, -0.2) is 24.0 Å². The zero-order valence-corrected chi connectivity index (χ0v) is 13.4. The number of rotatable bonds is 6. The zero-order chi connectivity index (χ0) is 15.2. The Hall–Kier alpha value is -1.35. The fourth-order valence-electron chi connectivity index (χ4n) is 2.04. The van der Waals surface area contributed by atoms with E-state index >= 15 is 0 Å². The minimum absolute atomic E-state index is 0.0601. The molecule has 112 valence electrons. The van der Waals surface area contributed by atoms with Crippen LogP contribution in [0.25, 0.3) is 0 Å². The predicted octanol–water partition coefficient (Wildman–Crippen LogP) is 3.07. The van der Waals surface area contributed by atoms with Gasteiger partial charge in [0.05, 0.1) is 6.04 Å². The van der Waals surface area contributed by atoms with Gasteiger partial charge in [0.15, 0.2) is 0 Å². The lowest BCUT2D eigenvalue weighted by Gasteiger charge is -2.24. The average molecular weight is 276 g/mol. The molecule has 2 unspecified atom stereocenters. The largest absolute Gasteiger partial charge is 0.350 e. The summed E-state index contributed by atoms with van der Waals surface area (Å²) in [4.78, 5) is 11.9. The molecule has 20 heavy (non-hydrogen) atoms. The minimum atomic E-state index is -0.176. The van der Waals surface area contributed by atoms with E-state index in [9.17, 15) is 4.79 Å². The van der Waals surface area contributed by atoms with Crippen LogP contribution in [0.15, 0.2) is 30.3 Å². The monoisotopic (exact) mass is 276 g/mol. The Balaban J connectivity index is 2.32. The first-order valence-corrected chi connectivity index (χ1v) is 7.40. The van der Waals surface area contributed by atoms with Gasteiger partial charge in [0.25, 0.3) is 0 Å². The summed E-state index contributed by atoms with van der Waals surface area (Å²) in [5.41, 5.74) is 1.17. The molecule has 1 aromatic rings. The molecule has 3 nitrogen and oxygen atoms in total. The minimum Gasteiger partial charge on any atom is -0.350 e. The van der Waals surface area contributed by atoms with Gasteiger partial charge in [-0.15, -0.1) is 0 Å². The summed E-state index contributed by atoms with van der Waals surface area (Å²) >= 11 is 0. The molecule has 1 aromatic carbocycles.